The Bertz CT molecular complexity index is 472. The van der Waals surface area contributed by atoms with Crippen LogP contribution in [0.4, 0.5) is 5.69 Å². The first kappa shape index (κ1) is 13.5. The molecule has 1 aromatic rings. The summed E-state index contributed by atoms with van der Waals surface area (Å²) in [7, 11) is 0. The fourth-order valence-electron chi connectivity index (χ4n) is 1.22. The van der Waals surface area contributed by atoms with Crippen LogP contribution in [0.3, 0.4) is 0 Å². The number of hydrogen-bond donors (Lipinski definition) is 1. The number of nitriles is 1. The maximum Gasteiger partial charge on any atom is 0.339 e. The number of nitrogens with one attached hydrogen (secondary N) is 1. The first-order valence-electron chi connectivity index (χ1n) is 5.39. The van der Waals surface area contributed by atoms with Crippen molar-refractivity contribution in [2.24, 2.45) is 0 Å². The minimum Gasteiger partial charge on any atom is -0.439 e. The number of hydrogen-bond acceptors (Lipinski definition) is 4. The lowest BCUT2D eigenvalue weighted by Crippen LogP contribution is -2.14. The van der Waals surface area contributed by atoms with Crippen molar-refractivity contribution in [3.8, 4) is 6.07 Å². The van der Waals surface area contributed by atoms with E-state index in [9.17, 15) is 4.79 Å². The number of benzene rings is 1. The summed E-state index contributed by atoms with van der Waals surface area (Å²) in [5.74, 6) is -0.545. The Balaban J connectivity index is 2.67. The number of carbonyl (C=O) groups is 1. The minimum absolute atomic E-state index is 0.390. The molecule has 0 saturated heterocycles. The number of ether oxygens (including phenoxy) is 1. The van der Waals surface area contributed by atoms with E-state index in [0.29, 0.717) is 12.1 Å². The lowest BCUT2D eigenvalue weighted by Gasteiger charge is -2.07. The van der Waals surface area contributed by atoms with E-state index in [1.165, 1.54) is 6.08 Å². The molecular formula is C14H14N2O2. The summed E-state index contributed by atoms with van der Waals surface area (Å²) in [6.07, 6.45) is 2.10. The summed E-state index contributed by atoms with van der Waals surface area (Å²) in [6, 6.07) is 8.59. The van der Waals surface area contributed by atoms with Gasteiger partial charge >= 0.3 is 5.97 Å². The highest BCUT2D eigenvalue weighted by molar-refractivity contribution is 5.90. The van der Waals surface area contributed by atoms with Gasteiger partial charge in [0.05, 0.1) is 5.56 Å². The molecule has 0 amide bonds. The number of rotatable bonds is 6. The monoisotopic (exact) mass is 242 g/mol. The van der Waals surface area contributed by atoms with Gasteiger partial charge in [-0.1, -0.05) is 12.7 Å². The maximum atomic E-state index is 11.6. The third kappa shape index (κ3) is 3.80. The Labute approximate surface area is 106 Å². The number of anilines is 1. The maximum absolute atomic E-state index is 11.6. The van der Waals surface area contributed by atoms with Crippen molar-refractivity contribution in [3.05, 3.63) is 55.1 Å². The molecular weight excluding hydrogens is 228 g/mol. The quantitative estimate of drug-likeness (QED) is 0.615. The minimum atomic E-state index is -0.920. The Kier molecular flexibility index (Phi) is 5.20. The van der Waals surface area contributed by atoms with Crippen molar-refractivity contribution in [2.75, 3.05) is 11.9 Å². The van der Waals surface area contributed by atoms with Crippen LogP contribution in [0.15, 0.2) is 49.6 Å². The van der Waals surface area contributed by atoms with Gasteiger partial charge in [0, 0.05) is 12.2 Å². The summed E-state index contributed by atoms with van der Waals surface area (Å²) in [5.41, 5.74) is 1.27. The van der Waals surface area contributed by atoms with E-state index in [0.717, 1.165) is 5.69 Å². The Hall–Kier alpha value is -2.54. The number of nitrogens with zero attached hydrogens (tertiary/aromatic N) is 1. The smallest absolute Gasteiger partial charge is 0.339 e. The fraction of sp³-hybridized carbons (Fsp3) is 0.143. The molecule has 1 atom stereocenters. The molecule has 1 unspecified atom stereocenters. The molecule has 1 aromatic carbocycles. The molecule has 0 aliphatic rings. The van der Waals surface area contributed by atoms with Crippen LogP contribution in [0.2, 0.25) is 0 Å². The van der Waals surface area contributed by atoms with E-state index >= 15 is 0 Å². The van der Waals surface area contributed by atoms with Crippen molar-refractivity contribution < 1.29 is 9.53 Å². The highest BCUT2D eigenvalue weighted by atomic mass is 16.5. The lowest BCUT2D eigenvalue weighted by molar-refractivity contribution is 0.0473. The summed E-state index contributed by atoms with van der Waals surface area (Å²) in [4.78, 5) is 11.6. The average Bonchev–Trinajstić information content (AvgIpc) is 2.42. The number of carbonyl (C=O) groups excluding carboxylic acids is 1. The first-order valence-corrected chi connectivity index (χ1v) is 5.39. The van der Waals surface area contributed by atoms with Crippen molar-refractivity contribution in [1.82, 2.24) is 0 Å². The van der Waals surface area contributed by atoms with E-state index in [2.05, 4.69) is 18.5 Å². The van der Waals surface area contributed by atoms with Gasteiger partial charge in [0.2, 0.25) is 6.10 Å². The molecule has 0 aromatic heterocycles. The Morgan fingerprint density at radius 3 is 2.61 bits per heavy atom. The summed E-state index contributed by atoms with van der Waals surface area (Å²) in [6.45, 7) is 7.65. The van der Waals surface area contributed by atoms with Crippen molar-refractivity contribution >= 4 is 11.7 Å². The molecule has 0 saturated carbocycles. The molecule has 92 valence electrons. The molecule has 0 aliphatic heterocycles. The van der Waals surface area contributed by atoms with Crippen LogP contribution >= 0.6 is 0 Å². The predicted octanol–water partition coefficient (Wildman–Crippen LogP) is 2.52. The molecule has 4 nitrogen and oxygen atoms in total. The van der Waals surface area contributed by atoms with E-state index in [1.54, 1.807) is 30.3 Å². The van der Waals surface area contributed by atoms with Crippen LogP contribution in [-0.4, -0.2) is 18.6 Å². The first-order chi connectivity index (χ1) is 8.71. The van der Waals surface area contributed by atoms with Gasteiger partial charge in [-0.2, -0.15) is 5.26 Å². The van der Waals surface area contributed by atoms with Crippen LogP contribution < -0.4 is 5.32 Å². The van der Waals surface area contributed by atoms with Gasteiger partial charge in [0.25, 0.3) is 0 Å². The Morgan fingerprint density at radius 2 is 2.11 bits per heavy atom. The van der Waals surface area contributed by atoms with Crippen molar-refractivity contribution in [1.29, 1.82) is 5.26 Å². The molecule has 0 heterocycles. The molecule has 18 heavy (non-hydrogen) atoms. The third-order valence-corrected chi connectivity index (χ3v) is 2.15. The Morgan fingerprint density at radius 1 is 1.44 bits per heavy atom. The second-order valence-electron chi connectivity index (χ2n) is 3.44. The highest BCUT2D eigenvalue weighted by Gasteiger charge is 2.11. The second kappa shape index (κ2) is 6.92. The van der Waals surface area contributed by atoms with Gasteiger partial charge in [-0.25, -0.2) is 4.79 Å². The zero-order chi connectivity index (χ0) is 13.4. The van der Waals surface area contributed by atoms with Crippen LogP contribution in [0.1, 0.15) is 10.4 Å². The molecule has 0 bridgehead atoms. The largest absolute Gasteiger partial charge is 0.439 e. The zero-order valence-electron chi connectivity index (χ0n) is 9.93. The van der Waals surface area contributed by atoms with Crippen LogP contribution in [0, 0.1) is 11.3 Å². The molecule has 0 aliphatic carbocycles. The van der Waals surface area contributed by atoms with Crippen LogP contribution in [0.25, 0.3) is 0 Å². The standard InChI is InChI=1S/C14H14N2O2/c1-3-9-16-12-7-5-11(6-8-12)14(17)18-13(4-2)10-15/h3-8,13,16H,1-2,9H2. The SMILES string of the molecule is C=CCNc1ccc(C(=O)OC(C#N)C=C)cc1. The van der Waals surface area contributed by atoms with E-state index < -0.39 is 12.1 Å². The molecule has 1 rings (SSSR count). The van der Waals surface area contributed by atoms with Gasteiger partial charge in [0.15, 0.2) is 0 Å². The molecule has 0 fully saturated rings. The second-order valence-corrected chi connectivity index (χ2v) is 3.44. The van der Waals surface area contributed by atoms with Gasteiger partial charge < -0.3 is 10.1 Å². The van der Waals surface area contributed by atoms with E-state index in [4.69, 9.17) is 10.00 Å². The third-order valence-electron chi connectivity index (χ3n) is 2.15. The zero-order valence-corrected chi connectivity index (χ0v) is 9.93. The molecule has 0 radical (unpaired) electrons. The normalized spacial score (nSPS) is 10.8. The summed E-state index contributed by atoms with van der Waals surface area (Å²) < 4.78 is 4.90. The van der Waals surface area contributed by atoms with E-state index in [-0.39, 0.29) is 0 Å². The lowest BCUT2D eigenvalue weighted by atomic mass is 10.2. The molecule has 4 heteroatoms. The van der Waals surface area contributed by atoms with Gasteiger partial charge in [-0.3, -0.25) is 0 Å². The topological polar surface area (TPSA) is 62.1 Å². The molecule has 1 N–H and O–H groups in total. The summed E-state index contributed by atoms with van der Waals surface area (Å²) in [5, 5.41) is 11.7. The van der Waals surface area contributed by atoms with Crippen molar-refractivity contribution in [2.45, 2.75) is 6.10 Å². The van der Waals surface area contributed by atoms with Crippen molar-refractivity contribution in [3.63, 3.8) is 0 Å². The van der Waals surface area contributed by atoms with Gasteiger partial charge in [-0.05, 0) is 30.3 Å². The highest BCUT2D eigenvalue weighted by Crippen LogP contribution is 2.11. The average molecular weight is 242 g/mol. The van der Waals surface area contributed by atoms with Gasteiger partial charge in [0.1, 0.15) is 6.07 Å². The van der Waals surface area contributed by atoms with Crippen LogP contribution in [-0.2, 0) is 4.74 Å². The molecule has 0 spiro atoms. The predicted molar refractivity (Wildman–Crippen MR) is 70.1 cm³/mol. The van der Waals surface area contributed by atoms with Gasteiger partial charge in [-0.15, -0.1) is 6.58 Å². The van der Waals surface area contributed by atoms with E-state index in [1.807, 2.05) is 6.07 Å². The number of esters is 1. The fourth-order valence-corrected chi connectivity index (χ4v) is 1.22. The summed E-state index contributed by atoms with van der Waals surface area (Å²) >= 11 is 0. The van der Waals surface area contributed by atoms with Crippen LogP contribution in [0.5, 0.6) is 0 Å².